The zero-order chi connectivity index (χ0) is 22.6. The first-order chi connectivity index (χ1) is 13.2. The molecule has 0 fully saturated rings. The molecule has 0 aliphatic rings. The van der Waals surface area contributed by atoms with E-state index >= 15 is 0 Å². The van der Waals surface area contributed by atoms with Crippen molar-refractivity contribution in [3.05, 3.63) is 35.4 Å². The zero-order valence-electron chi connectivity index (χ0n) is 18.3. The molecule has 1 aromatic carbocycles. The predicted molar refractivity (Wildman–Crippen MR) is 113 cm³/mol. The summed E-state index contributed by atoms with van der Waals surface area (Å²) in [5, 5.41) is 12.8. The van der Waals surface area contributed by atoms with Gasteiger partial charge in [0.05, 0.1) is 18.4 Å². The number of carbonyl (C=O) groups excluding carboxylic acids is 2. The van der Waals surface area contributed by atoms with Crippen LogP contribution >= 0.6 is 0 Å². The molecule has 0 bridgehead atoms. The number of carboxylic acid groups (broad SMARTS) is 1. The summed E-state index contributed by atoms with van der Waals surface area (Å²) in [5.41, 5.74) is 11.4. The number of nitrogens with one attached hydrogen (secondary N) is 1. The lowest BCUT2D eigenvalue weighted by Crippen LogP contribution is -2.47. The van der Waals surface area contributed by atoms with Crippen LogP contribution in [0.5, 0.6) is 0 Å². The predicted octanol–water partition coefficient (Wildman–Crippen LogP) is 2.13. The number of aliphatic carboxylic acids is 1. The Balaban J connectivity index is 3.23. The summed E-state index contributed by atoms with van der Waals surface area (Å²) in [5.74, 6) is -2.70. The highest BCUT2D eigenvalue weighted by molar-refractivity contribution is 5.87. The van der Waals surface area contributed by atoms with Crippen LogP contribution in [-0.4, -0.2) is 35.5 Å². The second-order valence-electron chi connectivity index (χ2n) is 9.22. The van der Waals surface area contributed by atoms with Gasteiger partial charge in [0.15, 0.2) is 0 Å². The largest absolute Gasteiger partial charge is 0.481 e. The Kier molecular flexibility index (Phi) is 7.98. The molecule has 7 heteroatoms. The Morgan fingerprint density at radius 1 is 1.10 bits per heavy atom. The number of nitrogens with two attached hydrogens (primary N) is 2. The second kappa shape index (κ2) is 9.39. The number of amides is 2. The van der Waals surface area contributed by atoms with Crippen molar-refractivity contribution < 1.29 is 19.5 Å². The Morgan fingerprint density at radius 3 is 2.14 bits per heavy atom. The molecule has 1 rings (SSSR count). The molecule has 0 radical (unpaired) electrons. The monoisotopic (exact) mass is 405 g/mol. The first-order valence-electron chi connectivity index (χ1n) is 9.85. The molecule has 0 aromatic heterocycles. The maximum Gasteiger partial charge on any atom is 0.311 e. The molecule has 7 nitrogen and oxygen atoms in total. The molecule has 1 aromatic rings. The van der Waals surface area contributed by atoms with E-state index in [-0.39, 0.29) is 18.4 Å². The fourth-order valence-electron chi connectivity index (χ4n) is 3.39. The molecule has 2 atom stereocenters. The third-order valence-electron chi connectivity index (χ3n) is 5.91. The molecular weight excluding hydrogens is 370 g/mol. The van der Waals surface area contributed by atoms with Crippen molar-refractivity contribution in [3.63, 3.8) is 0 Å². The van der Waals surface area contributed by atoms with Gasteiger partial charge in [0.1, 0.15) is 0 Å². The van der Waals surface area contributed by atoms with Gasteiger partial charge in [-0.05, 0) is 27.9 Å². The van der Waals surface area contributed by atoms with E-state index in [0.29, 0.717) is 5.92 Å². The Hall–Kier alpha value is -2.41. The molecule has 1 unspecified atom stereocenters. The van der Waals surface area contributed by atoms with Crippen LogP contribution in [0.3, 0.4) is 0 Å². The minimum absolute atomic E-state index is 0.0890. The quantitative estimate of drug-likeness (QED) is 0.473. The summed E-state index contributed by atoms with van der Waals surface area (Å²) >= 11 is 0. The van der Waals surface area contributed by atoms with Crippen LogP contribution in [0.1, 0.15) is 65.0 Å². The van der Waals surface area contributed by atoms with Gasteiger partial charge >= 0.3 is 5.97 Å². The summed E-state index contributed by atoms with van der Waals surface area (Å²) < 4.78 is 0. The van der Waals surface area contributed by atoms with Crippen LogP contribution in [0.25, 0.3) is 0 Å². The molecule has 0 aliphatic carbocycles. The highest BCUT2D eigenvalue weighted by Crippen LogP contribution is 2.42. The number of benzene rings is 1. The van der Waals surface area contributed by atoms with Gasteiger partial charge in [-0.2, -0.15) is 0 Å². The Morgan fingerprint density at radius 2 is 1.66 bits per heavy atom. The summed E-state index contributed by atoms with van der Waals surface area (Å²) in [6.07, 6.45) is -0.264. The zero-order valence-corrected chi connectivity index (χ0v) is 18.3. The van der Waals surface area contributed by atoms with Gasteiger partial charge in [-0.1, -0.05) is 65.8 Å². The van der Waals surface area contributed by atoms with E-state index in [0.717, 1.165) is 11.1 Å². The van der Waals surface area contributed by atoms with Gasteiger partial charge in [0, 0.05) is 6.54 Å². The van der Waals surface area contributed by atoms with Crippen molar-refractivity contribution in [1.82, 2.24) is 5.32 Å². The van der Waals surface area contributed by atoms with Gasteiger partial charge in [0.25, 0.3) is 0 Å². The molecule has 6 N–H and O–H groups in total. The van der Waals surface area contributed by atoms with Crippen LogP contribution in [-0.2, 0) is 19.8 Å². The number of hydrogen-bond acceptors (Lipinski definition) is 4. The third-order valence-corrected chi connectivity index (χ3v) is 5.91. The molecular formula is C22H35N3O4. The molecule has 2 amide bonds. The Labute approximate surface area is 173 Å². The maximum atomic E-state index is 12.3. The number of hydrogen-bond donors (Lipinski definition) is 4. The maximum absolute atomic E-state index is 12.3. The fraction of sp³-hybridized carbons (Fsp3) is 0.591. The third kappa shape index (κ3) is 6.03. The SMILES string of the molecule is CC(C)C(C)(C)c1ccccc1C(C(=O)O)C(C)(C)CNC(=O)[C@@H](N)CC(N)=O. The summed E-state index contributed by atoms with van der Waals surface area (Å²) in [7, 11) is 0. The van der Waals surface area contributed by atoms with E-state index in [9.17, 15) is 19.5 Å². The normalized spacial score (nSPS) is 14.3. The molecule has 0 saturated carbocycles. The average Bonchev–Trinajstić information content (AvgIpc) is 2.58. The smallest absolute Gasteiger partial charge is 0.311 e. The van der Waals surface area contributed by atoms with Gasteiger partial charge < -0.3 is 21.9 Å². The molecule has 0 saturated heterocycles. The van der Waals surface area contributed by atoms with Crippen molar-refractivity contribution in [2.45, 2.75) is 65.3 Å². The van der Waals surface area contributed by atoms with Crippen LogP contribution < -0.4 is 16.8 Å². The van der Waals surface area contributed by atoms with Crippen molar-refractivity contribution >= 4 is 17.8 Å². The lowest BCUT2D eigenvalue weighted by molar-refractivity contribution is -0.142. The van der Waals surface area contributed by atoms with Crippen LogP contribution in [0.2, 0.25) is 0 Å². The van der Waals surface area contributed by atoms with E-state index in [1.807, 2.05) is 24.3 Å². The second-order valence-corrected chi connectivity index (χ2v) is 9.22. The summed E-state index contributed by atoms with van der Waals surface area (Å²) in [6.45, 7) is 12.1. The van der Waals surface area contributed by atoms with Gasteiger partial charge in [-0.25, -0.2) is 0 Å². The van der Waals surface area contributed by atoms with Gasteiger partial charge in [-0.3, -0.25) is 14.4 Å². The van der Waals surface area contributed by atoms with Crippen LogP contribution in [0.15, 0.2) is 24.3 Å². The molecule has 0 spiro atoms. The number of primary amides is 1. The molecule has 162 valence electrons. The van der Waals surface area contributed by atoms with Crippen molar-refractivity contribution in [1.29, 1.82) is 0 Å². The standard InChI is InChI=1S/C22H35N3O4/c1-13(2)22(5,6)15-10-8-7-9-14(15)18(20(28)29)21(3,4)12-25-19(27)16(23)11-17(24)26/h7-10,13,16,18H,11-12,23H2,1-6H3,(H2,24,26)(H,25,27)(H,28,29)/t16-,18?/m0/s1. The average molecular weight is 406 g/mol. The topological polar surface area (TPSA) is 136 Å². The number of carbonyl (C=O) groups is 3. The lowest BCUT2D eigenvalue weighted by atomic mass is 9.67. The number of rotatable bonds is 10. The van der Waals surface area contributed by atoms with Crippen molar-refractivity contribution in [3.8, 4) is 0 Å². The van der Waals surface area contributed by atoms with Crippen LogP contribution in [0, 0.1) is 11.3 Å². The van der Waals surface area contributed by atoms with E-state index in [1.165, 1.54) is 0 Å². The van der Waals surface area contributed by atoms with Crippen molar-refractivity contribution in [2.75, 3.05) is 6.54 Å². The Bertz CT molecular complexity index is 756. The van der Waals surface area contributed by atoms with Gasteiger partial charge in [0.2, 0.25) is 11.8 Å². The highest BCUT2D eigenvalue weighted by Gasteiger charge is 2.40. The fourth-order valence-corrected chi connectivity index (χ4v) is 3.39. The molecule has 0 heterocycles. The minimum Gasteiger partial charge on any atom is -0.481 e. The minimum atomic E-state index is -1.06. The molecule has 29 heavy (non-hydrogen) atoms. The van der Waals surface area contributed by atoms with E-state index in [2.05, 4.69) is 33.0 Å². The van der Waals surface area contributed by atoms with E-state index in [4.69, 9.17) is 11.5 Å². The van der Waals surface area contributed by atoms with Crippen LogP contribution in [0.4, 0.5) is 0 Å². The van der Waals surface area contributed by atoms with E-state index < -0.39 is 35.2 Å². The van der Waals surface area contributed by atoms with Gasteiger partial charge in [-0.15, -0.1) is 0 Å². The van der Waals surface area contributed by atoms with E-state index in [1.54, 1.807) is 13.8 Å². The first-order valence-corrected chi connectivity index (χ1v) is 9.85. The number of carboxylic acids is 1. The summed E-state index contributed by atoms with van der Waals surface area (Å²) in [6, 6.07) is 6.52. The summed E-state index contributed by atoms with van der Waals surface area (Å²) in [4.78, 5) is 35.5. The lowest BCUT2D eigenvalue weighted by Gasteiger charge is -2.38. The molecule has 0 aliphatic heterocycles. The first kappa shape index (κ1) is 24.6. The highest BCUT2D eigenvalue weighted by atomic mass is 16.4. The van der Waals surface area contributed by atoms with Crippen molar-refractivity contribution in [2.24, 2.45) is 22.8 Å².